The highest BCUT2D eigenvalue weighted by Crippen LogP contribution is 2.10. The summed E-state index contributed by atoms with van der Waals surface area (Å²) in [4.78, 5) is 15.8. The molecule has 1 aromatic heterocycles. The molecule has 0 radical (unpaired) electrons. The Labute approximate surface area is 118 Å². The summed E-state index contributed by atoms with van der Waals surface area (Å²) in [5.74, 6) is -0.285. The lowest BCUT2D eigenvalue weighted by Crippen LogP contribution is -2.07. The molecule has 0 spiro atoms. The van der Waals surface area contributed by atoms with Crippen LogP contribution in [0, 0.1) is 0 Å². The van der Waals surface area contributed by atoms with Crippen molar-refractivity contribution in [2.45, 2.75) is 13.3 Å². The van der Waals surface area contributed by atoms with Crippen LogP contribution < -0.4 is 5.32 Å². The van der Waals surface area contributed by atoms with Crippen LogP contribution in [0.5, 0.6) is 0 Å². The minimum Gasteiger partial charge on any atom is -0.462 e. The van der Waals surface area contributed by atoms with Gasteiger partial charge in [0.25, 0.3) is 0 Å². The van der Waals surface area contributed by atoms with Crippen molar-refractivity contribution in [3.8, 4) is 0 Å². The Morgan fingerprint density at radius 1 is 1.20 bits per heavy atom. The van der Waals surface area contributed by atoms with Gasteiger partial charge in [-0.25, -0.2) is 4.79 Å². The second-order valence-electron chi connectivity index (χ2n) is 4.30. The summed E-state index contributed by atoms with van der Waals surface area (Å²) in [6, 6.07) is 13.2. The van der Waals surface area contributed by atoms with Gasteiger partial charge in [-0.15, -0.1) is 0 Å². The number of esters is 1. The molecule has 0 saturated heterocycles. The van der Waals surface area contributed by atoms with Crippen molar-refractivity contribution in [3.63, 3.8) is 0 Å². The highest BCUT2D eigenvalue weighted by Gasteiger charge is 2.05. The van der Waals surface area contributed by atoms with Crippen molar-refractivity contribution in [3.05, 3.63) is 59.9 Å². The molecule has 0 aliphatic carbocycles. The summed E-state index contributed by atoms with van der Waals surface area (Å²) < 4.78 is 4.94. The quantitative estimate of drug-likeness (QED) is 0.820. The van der Waals surface area contributed by atoms with Gasteiger partial charge in [-0.3, -0.25) is 4.98 Å². The van der Waals surface area contributed by atoms with E-state index in [4.69, 9.17) is 4.74 Å². The van der Waals surface area contributed by atoms with Gasteiger partial charge >= 0.3 is 5.97 Å². The van der Waals surface area contributed by atoms with E-state index in [1.54, 1.807) is 25.3 Å². The molecule has 20 heavy (non-hydrogen) atoms. The van der Waals surface area contributed by atoms with Crippen molar-refractivity contribution in [1.82, 2.24) is 4.98 Å². The number of rotatable bonds is 6. The maximum Gasteiger partial charge on any atom is 0.338 e. The zero-order valence-corrected chi connectivity index (χ0v) is 11.5. The molecule has 0 unspecified atom stereocenters. The molecule has 2 aromatic rings. The molecule has 4 nitrogen and oxygen atoms in total. The molecule has 0 aliphatic rings. The number of benzene rings is 1. The first-order chi connectivity index (χ1) is 9.79. The van der Waals surface area contributed by atoms with Crippen LogP contribution in [0.4, 0.5) is 5.69 Å². The topological polar surface area (TPSA) is 51.2 Å². The van der Waals surface area contributed by atoms with Crippen LogP contribution in [-0.2, 0) is 11.2 Å². The summed E-state index contributed by atoms with van der Waals surface area (Å²) >= 11 is 0. The molecule has 0 aliphatic heterocycles. The number of carbonyl (C=O) groups is 1. The average molecular weight is 270 g/mol. The maximum absolute atomic E-state index is 11.5. The molecule has 104 valence electrons. The number of hydrogen-bond acceptors (Lipinski definition) is 4. The number of aromatic nitrogens is 1. The van der Waals surface area contributed by atoms with Crippen LogP contribution in [0.1, 0.15) is 23.0 Å². The molecule has 0 saturated carbocycles. The van der Waals surface area contributed by atoms with E-state index in [2.05, 4.69) is 10.3 Å². The summed E-state index contributed by atoms with van der Waals surface area (Å²) in [5, 5.41) is 3.30. The third-order valence-corrected chi connectivity index (χ3v) is 2.83. The second-order valence-corrected chi connectivity index (χ2v) is 4.30. The van der Waals surface area contributed by atoms with Gasteiger partial charge in [0.1, 0.15) is 0 Å². The highest BCUT2D eigenvalue weighted by atomic mass is 16.5. The van der Waals surface area contributed by atoms with Crippen molar-refractivity contribution >= 4 is 11.7 Å². The van der Waals surface area contributed by atoms with Gasteiger partial charge in [-0.05, 0) is 43.3 Å². The molecule has 1 N–H and O–H groups in total. The number of ether oxygens (including phenoxy) is 1. The van der Waals surface area contributed by atoms with Gasteiger partial charge < -0.3 is 10.1 Å². The third-order valence-electron chi connectivity index (χ3n) is 2.83. The van der Waals surface area contributed by atoms with Gasteiger partial charge in [0.15, 0.2) is 0 Å². The van der Waals surface area contributed by atoms with E-state index in [1.165, 1.54) is 0 Å². The maximum atomic E-state index is 11.5. The number of carbonyl (C=O) groups excluding carboxylic acids is 1. The Kier molecular flexibility index (Phi) is 5.12. The smallest absolute Gasteiger partial charge is 0.338 e. The summed E-state index contributed by atoms with van der Waals surface area (Å²) in [7, 11) is 0. The lowest BCUT2D eigenvalue weighted by atomic mass is 10.2. The minimum absolute atomic E-state index is 0.285. The van der Waals surface area contributed by atoms with Crippen LogP contribution in [0.2, 0.25) is 0 Å². The number of pyridine rings is 1. The predicted molar refractivity (Wildman–Crippen MR) is 78.8 cm³/mol. The minimum atomic E-state index is -0.285. The summed E-state index contributed by atoms with van der Waals surface area (Å²) in [5.41, 5.74) is 2.61. The van der Waals surface area contributed by atoms with Crippen molar-refractivity contribution < 1.29 is 9.53 Å². The second kappa shape index (κ2) is 7.28. The fourth-order valence-corrected chi connectivity index (χ4v) is 1.82. The Hall–Kier alpha value is -2.36. The van der Waals surface area contributed by atoms with Crippen molar-refractivity contribution in [2.75, 3.05) is 18.5 Å². The Balaban J connectivity index is 1.83. The first-order valence-electron chi connectivity index (χ1n) is 6.70. The highest BCUT2D eigenvalue weighted by molar-refractivity contribution is 5.89. The van der Waals surface area contributed by atoms with E-state index in [1.807, 2.05) is 30.3 Å². The SMILES string of the molecule is CCOC(=O)c1ccc(NCCc2ccccn2)cc1. The van der Waals surface area contributed by atoms with Crippen LogP contribution in [0.15, 0.2) is 48.7 Å². The fraction of sp³-hybridized carbons (Fsp3) is 0.250. The largest absolute Gasteiger partial charge is 0.462 e. The number of nitrogens with one attached hydrogen (secondary N) is 1. The molecular weight excluding hydrogens is 252 g/mol. The summed E-state index contributed by atoms with van der Waals surface area (Å²) in [6.07, 6.45) is 2.66. The monoisotopic (exact) mass is 270 g/mol. The lowest BCUT2D eigenvalue weighted by molar-refractivity contribution is 0.0526. The summed E-state index contributed by atoms with van der Waals surface area (Å²) in [6.45, 7) is 2.99. The molecule has 4 heteroatoms. The number of hydrogen-bond donors (Lipinski definition) is 1. The zero-order valence-electron chi connectivity index (χ0n) is 11.5. The average Bonchev–Trinajstić information content (AvgIpc) is 2.49. The van der Waals surface area contributed by atoms with E-state index < -0.39 is 0 Å². The van der Waals surface area contributed by atoms with Crippen LogP contribution in [-0.4, -0.2) is 24.1 Å². The fourth-order valence-electron chi connectivity index (χ4n) is 1.82. The van der Waals surface area contributed by atoms with E-state index >= 15 is 0 Å². The van der Waals surface area contributed by atoms with Gasteiger partial charge in [0.05, 0.1) is 12.2 Å². The van der Waals surface area contributed by atoms with Crippen molar-refractivity contribution in [2.24, 2.45) is 0 Å². The molecule has 2 rings (SSSR count). The van der Waals surface area contributed by atoms with Crippen LogP contribution >= 0.6 is 0 Å². The van der Waals surface area contributed by atoms with E-state index in [0.29, 0.717) is 12.2 Å². The van der Waals surface area contributed by atoms with Gasteiger partial charge in [0, 0.05) is 30.5 Å². The predicted octanol–water partition coefficient (Wildman–Crippen LogP) is 2.91. The van der Waals surface area contributed by atoms with Gasteiger partial charge in [0.2, 0.25) is 0 Å². The number of anilines is 1. The van der Waals surface area contributed by atoms with Gasteiger partial charge in [-0.1, -0.05) is 6.07 Å². The molecule has 0 amide bonds. The Bertz CT molecular complexity index is 538. The molecular formula is C16H18N2O2. The van der Waals surface area contributed by atoms with E-state index in [0.717, 1.165) is 24.3 Å². The first-order valence-corrected chi connectivity index (χ1v) is 6.70. The third kappa shape index (κ3) is 4.09. The van der Waals surface area contributed by atoms with Gasteiger partial charge in [-0.2, -0.15) is 0 Å². The molecule has 1 aromatic carbocycles. The Morgan fingerprint density at radius 3 is 2.65 bits per heavy atom. The van der Waals surface area contributed by atoms with E-state index in [-0.39, 0.29) is 5.97 Å². The Morgan fingerprint density at radius 2 is 2.00 bits per heavy atom. The normalized spacial score (nSPS) is 10.1. The standard InChI is InChI=1S/C16H18N2O2/c1-2-20-16(19)13-6-8-15(9-7-13)18-12-10-14-5-3-4-11-17-14/h3-9,11,18H,2,10,12H2,1H3. The van der Waals surface area contributed by atoms with Crippen molar-refractivity contribution in [1.29, 1.82) is 0 Å². The zero-order chi connectivity index (χ0) is 14.2. The lowest BCUT2D eigenvalue weighted by Gasteiger charge is -2.07. The van der Waals surface area contributed by atoms with E-state index in [9.17, 15) is 4.79 Å². The van der Waals surface area contributed by atoms with Crippen LogP contribution in [0.25, 0.3) is 0 Å². The molecule has 0 fully saturated rings. The number of nitrogens with zero attached hydrogens (tertiary/aromatic N) is 1. The van der Waals surface area contributed by atoms with Crippen LogP contribution in [0.3, 0.4) is 0 Å². The molecule has 1 heterocycles. The molecule has 0 atom stereocenters. The molecule has 0 bridgehead atoms. The first kappa shape index (κ1) is 14.1.